The van der Waals surface area contributed by atoms with E-state index < -0.39 is 0 Å². The fraction of sp³-hybridized carbons (Fsp3) is 0.0345. The molecule has 0 bridgehead atoms. The van der Waals surface area contributed by atoms with E-state index in [0.717, 1.165) is 0 Å². The van der Waals surface area contributed by atoms with Gasteiger partial charge in [0.15, 0.2) is 21.7 Å². The zero-order valence-electron chi connectivity index (χ0n) is 18.9. The maximum atomic E-state index is 13.4. The molecule has 7 rings (SSSR count). The maximum absolute atomic E-state index is 13.4. The lowest BCUT2D eigenvalue weighted by Gasteiger charge is -2.10. The summed E-state index contributed by atoms with van der Waals surface area (Å²) in [4.78, 5) is 59.5. The Morgan fingerprint density at radius 3 is 1.14 bits per heavy atom. The van der Waals surface area contributed by atoms with Crippen molar-refractivity contribution in [2.24, 2.45) is 0 Å². The Morgan fingerprint density at radius 1 is 0.444 bits per heavy atom. The quantitative estimate of drug-likeness (QED) is 0.177. The molecule has 36 heavy (non-hydrogen) atoms. The van der Waals surface area contributed by atoms with Crippen molar-refractivity contribution in [2.75, 3.05) is 6.38 Å². The van der Waals surface area contributed by atoms with Crippen LogP contribution < -0.4 is 21.7 Å². The van der Waals surface area contributed by atoms with E-state index in [9.17, 15) is 19.2 Å². The second-order valence-corrected chi connectivity index (χ2v) is 8.48. The summed E-state index contributed by atoms with van der Waals surface area (Å²) in [6, 6.07) is 20.3. The number of halogens is 1. The molecule has 6 nitrogen and oxygen atoms in total. The van der Waals surface area contributed by atoms with Gasteiger partial charge < -0.3 is 9.97 Å². The van der Waals surface area contributed by atoms with Crippen LogP contribution in [-0.2, 0) is 0 Å². The van der Waals surface area contributed by atoms with Crippen LogP contribution in [0.25, 0.3) is 65.2 Å². The molecule has 174 valence electrons. The maximum Gasteiger partial charge on any atom is 0.196 e. The third-order valence-electron chi connectivity index (χ3n) is 6.71. The summed E-state index contributed by atoms with van der Waals surface area (Å²) in [5, 5.41) is 2.76. The van der Waals surface area contributed by atoms with Gasteiger partial charge in [-0.15, -0.1) is 11.6 Å². The Labute approximate surface area is 206 Å². The van der Waals surface area contributed by atoms with Crippen LogP contribution in [0, 0.1) is 0 Å². The number of aromatic nitrogens is 2. The molecule has 0 aliphatic carbocycles. The van der Waals surface area contributed by atoms with Crippen molar-refractivity contribution >= 4 is 76.8 Å². The number of nitrogens with one attached hydrogen (secondary N) is 2. The summed E-state index contributed by atoms with van der Waals surface area (Å²) >= 11 is 4.64. The van der Waals surface area contributed by atoms with Crippen molar-refractivity contribution in [1.82, 2.24) is 9.97 Å². The predicted octanol–water partition coefficient (Wildman–Crippen LogP) is 5.00. The summed E-state index contributed by atoms with van der Waals surface area (Å²) in [5.74, 6) is 0. The van der Waals surface area contributed by atoms with Crippen molar-refractivity contribution in [2.45, 2.75) is 0 Å². The van der Waals surface area contributed by atoms with Crippen molar-refractivity contribution in [3.63, 3.8) is 0 Å². The molecule has 0 aliphatic rings. The first-order valence-corrected chi connectivity index (χ1v) is 11.9. The molecule has 7 heteroatoms. The van der Waals surface area contributed by atoms with Crippen LogP contribution in [0.5, 0.6) is 0 Å². The molecular formula is C29H17ClN2O4. The van der Waals surface area contributed by atoms with Gasteiger partial charge in [0.1, 0.15) is 0 Å². The highest BCUT2D eigenvalue weighted by molar-refractivity contribution is 6.15. The molecule has 0 saturated heterocycles. The van der Waals surface area contributed by atoms with E-state index in [1.165, 1.54) is 6.38 Å². The average molecular weight is 493 g/mol. The van der Waals surface area contributed by atoms with Gasteiger partial charge in [-0.3, -0.25) is 19.2 Å². The van der Waals surface area contributed by atoms with E-state index >= 15 is 0 Å². The van der Waals surface area contributed by atoms with Crippen LogP contribution >= 0.6 is 11.6 Å². The Kier molecular flexibility index (Phi) is 4.88. The van der Waals surface area contributed by atoms with Crippen molar-refractivity contribution in [1.29, 1.82) is 0 Å². The minimum absolute atomic E-state index is 0.205. The van der Waals surface area contributed by atoms with E-state index in [-0.39, 0.29) is 21.7 Å². The van der Waals surface area contributed by atoms with Gasteiger partial charge >= 0.3 is 0 Å². The minimum atomic E-state index is -0.238. The average Bonchev–Trinajstić information content (AvgIpc) is 2.93. The van der Waals surface area contributed by atoms with Crippen LogP contribution in [0.1, 0.15) is 0 Å². The summed E-state index contributed by atoms with van der Waals surface area (Å²) in [5.41, 5.74) is 1.18. The van der Waals surface area contributed by atoms with Crippen molar-refractivity contribution in [3.8, 4) is 0 Å². The van der Waals surface area contributed by atoms with Gasteiger partial charge in [0.2, 0.25) is 0 Å². The zero-order chi connectivity index (χ0) is 25.1. The second kappa shape index (κ2) is 8.00. The van der Waals surface area contributed by atoms with E-state index in [1.807, 2.05) is 0 Å². The number of benzene rings is 6. The van der Waals surface area contributed by atoms with Crippen LogP contribution in [0.3, 0.4) is 0 Å². The molecule has 0 atom stereocenters. The number of hydrogen-bond acceptors (Lipinski definition) is 4. The molecule has 2 N–H and O–H groups in total. The molecule has 6 aromatic carbocycles. The van der Waals surface area contributed by atoms with Crippen LogP contribution in [-0.4, -0.2) is 16.4 Å². The van der Waals surface area contributed by atoms with E-state index in [2.05, 4.69) is 21.6 Å². The number of aromatic amines is 2. The molecule has 0 fully saturated rings. The van der Waals surface area contributed by atoms with E-state index in [4.69, 9.17) is 0 Å². The normalized spacial score (nSPS) is 11.5. The Balaban J connectivity index is 0.00000117. The molecule has 0 saturated carbocycles. The van der Waals surface area contributed by atoms with Crippen molar-refractivity contribution in [3.05, 3.63) is 114 Å². The topological polar surface area (TPSA) is 99.9 Å². The second-order valence-electron chi connectivity index (χ2n) is 8.48. The minimum Gasteiger partial charge on any atom is -0.351 e. The molecular weight excluding hydrogens is 476 g/mol. The van der Waals surface area contributed by atoms with Crippen LogP contribution in [0.15, 0.2) is 92.0 Å². The summed E-state index contributed by atoms with van der Waals surface area (Å²) in [6.45, 7) is 0. The lowest BCUT2D eigenvalue weighted by atomic mass is 9.99. The van der Waals surface area contributed by atoms with Gasteiger partial charge in [-0.25, -0.2) is 0 Å². The highest BCUT2D eigenvalue weighted by Gasteiger charge is 2.17. The fourth-order valence-corrected chi connectivity index (χ4v) is 5.11. The largest absolute Gasteiger partial charge is 0.351 e. The number of rotatable bonds is 0. The van der Waals surface area contributed by atoms with Gasteiger partial charge in [-0.1, -0.05) is 48.5 Å². The summed E-state index contributed by atoms with van der Waals surface area (Å²) in [7, 11) is 0. The first-order chi connectivity index (χ1) is 17.5. The Morgan fingerprint density at radius 2 is 0.778 bits per heavy atom. The monoisotopic (exact) mass is 492 g/mol. The number of hydrogen-bond donors (Lipinski definition) is 2. The van der Waals surface area contributed by atoms with Gasteiger partial charge in [0, 0.05) is 38.7 Å². The lowest BCUT2D eigenvalue weighted by Crippen LogP contribution is -2.14. The van der Waals surface area contributed by atoms with Crippen LogP contribution in [0.2, 0.25) is 0 Å². The first-order valence-electron chi connectivity index (χ1n) is 11.2. The smallest absolute Gasteiger partial charge is 0.196 e. The summed E-state index contributed by atoms with van der Waals surface area (Å²) in [6.07, 6.45) is 1.47. The van der Waals surface area contributed by atoms with Gasteiger partial charge in [-0.2, -0.15) is 0 Å². The molecule has 7 aromatic rings. The number of fused-ring (bicyclic) bond motifs is 8. The molecule has 0 spiro atoms. The van der Waals surface area contributed by atoms with Crippen LogP contribution in [0.4, 0.5) is 0 Å². The molecule has 0 aliphatic heterocycles. The lowest BCUT2D eigenvalue weighted by molar-refractivity contribution is 1.41. The molecule has 1 aromatic heterocycles. The molecule has 0 radical (unpaired) electrons. The standard InChI is InChI=1S/C28H14N2O4.CH3Cl/c31-25-13-5-1-3-7-15(13)27(33)21-17(25)9-11-19-23(21)29-20-12-10-18-22(24(20)30-19)28(34)16-8-4-2-6-14(16)26(18)32;1-2/h1-12,29-30H;1H3. The predicted molar refractivity (Wildman–Crippen MR) is 148 cm³/mol. The first kappa shape index (κ1) is 21.9. The molecule has 0 unspecified atom stereocenters. The van der Waals surface area contributed by atoms with Gasteiger partial charge in [0.05, 0.1) is 32.8 Å². The summed E-state index contributed by atoms with van der Waals surface area (Å²) < 4.78 is 0. The highest BCUT2D eigenvalue weighted by atomic mass is 35.5. The van der Waals surface area contributed by atoms with Gasteiger partial charge in [0.25, 0.3) is 0 Å². The Bertz CT molecular complexity index is 2110. The Hall–Kier alpha value is -4.55. The SMILES string of the molecule is CCl.O=c1c2ccccc2c(=O)c2c1ccc1[nH]c3c(ccc4c(=O)c5ccccc5c(=O)c43)[nH]c12. The highest BCUT2D eigenvalue weighted by Crippen LogP contribution is 2.26. The van der Waals surface area contributed by atoms with Gasteiger partial charge in [-0.05, 0) is 24.3 Å². The number of alkyl halides is 1. The van der Waals surface area contributed by atoms with Crippen molar-refractivity contribution < 1.29 is 0 Å². The zero-order valence-corrected chi connectivity index (χ0v) is 19.7. The molecule has 1 heterocycles. The van der Waals surface area contributed by atoms with E-state index in [1.54, 1.807) is 72.8 Å². The van der Waals surface area contributed by atoms with E-state index in [0.29, 0.717) is 65.2 Å². The third-order valence-corrected chi connectivity index (χ3v) is 6.71. The number of H-pyrrole nitrogens is 2. The third kappa shape index (κ3) is 2.85. The fourth-order valence-electron chi connectivity index (χ4n) is 5.11. The molecule has 0 amide bonds.